The third-order valence-corrected chi connectivity index (χ3v) is 4.52. The molecule has 156 valence electrons. The van der Waals surface area contributed by atoms with Gasteiger partial charge in [0.1, 0.15) is 0 Å². The Kier molecular flexibility index (Phi) is 7.59. The van der Waals surface area contributed by atoms with Crippen LogP contribution in [0.25, 0.3) is 10.9 Å². The lowest BCUT2D eigenvalue weighted by Crippen LogP contribution is -2.39. The molecule has 1 aromatic heterocycles. The predicted octanol–water partition coefficient (Wildman–Crippen LogP) is 0.145. The van der Waals surface area contributed by atoms with E-state index in [9.17, 15) is 14.4 Å². The Bertz CT molecular complexity index is 866. The summed E-state index contributed by atoms with van der Waals surface area (Å²) in [6, 6.07) is 9.73. The number of likely N-dealkylation sites (tertiary alicyclic amines) is 1. The van der Waals surface area contributed by atoms with Gasteiger partial charge < -0.3 is 25.7 Å². The summed E-state index contributed by atoms with van der Waals surface area (Å²) >= 11 is 0. The first kappa shape index (κ1) is 22.2. The van der Waals surface area contributed by atoms with Gasteiger partial charge in [0, 0.05) is 11.6 Å². The molecule has 29 heavy (non-hydrogen) atoms. The second-order valence-corrected chi connectivity index (χ2v) is 6.57. The van der Waals surface area contributed by atoms with Crippen LogP contribution in [0.2, 0.25) is 0 Å². The molecule has 0 saturated carbocycles. The smallest absolute Gasteiger partial charge is 0.335 e. The lowest BCUT2D eigenvalue weighted by molar-refractivity contribution is -0.165. The molecule has 1 aromatic carbocycles. The van der Waals surface area contributed by atoms with Crippen molar-refractivity contribution in [2.45, 2.75) is 31.1 Å². The minimum atomic E-state index is -2.27. The van der Waals surface area contributed by atoms with Gasteiger partial charge in [0.25, 0.3) is 0 Å². The number of pyridine rings is 1. The number of aliphatic hydroxyl groups excluding tert-OH is 2. The zero-order chi connectivity index (χ0) is 21.6. The van der Waals surface area contributed by atoms with Gasteiger partial charge >= 0.3 is 11.9 Å². The molecule has 1 fully saturated rings. The predicted molar refractivity (Wildman–Crippen MR) is 103 cm³/mol. The van der Waals surface area contributed by atoms with Crippen molar-refractivity contribution in [3.63, 3.8) is 0 Å². The van der Waals surface area contributed by atoms with Crippen molar-refractivity contribution in [3.8, 4) is 0 Å². The summed E-state index contributed by atoms with van der Waals surface area (Å²) in [4.78, 5) is 38.3. The van der Waals surface area contributed by atoms with E-state index in [4.69, 9.17) is 20.4 Å². The number of carbonyl (C=O) groups is 3. The first-order valence-electron chi connectivity index (χ1n) is 8.89. The molecule has 0 aliphatic carbocycles. The summed E-state index contributed by atoms with van der Waals surface area (Å²) in [5.74, 6) is -3.47. The lowest BCUT2D eigenvalue weighted by Gasteiger charge is -2.19. The number of anilines is 1. The number of aliphatic hydroxyl groups is 2. The molecule has 0 bridgehead atoms. The standard InChI is InChI=1S/C15H17N3O.C4H6O6/c1-18-10-4-8-13(18)15(19)17-12-7-2-5-11-6-3-9-16-14(11)12;5-1(3(7)8)2(6)4(9)10/h2-3,5-7,9,13H,4,8,10H2,1H3,(H,17,19);1-2,5-6H,(H,7,8)(H,9,10)/t13-;1-,2-/m01/s1. The summed E-state index contributed by atoms with van der Waals surface area (Å²) in [5, 5.41) is 36.6. The van der Waals surface area contributed by atoms with Crippen molar-refractivity contribution < 1.29 is 34.8 Å². The van der Waals surface area contributed by atoms with Crippen LogP contribution in [0.1, 0.15) is 12.8 Å². The van der Waals surface area contributed by atoms with Crippen molar-refractivity contribution >= 4 is 34.4 Å². The molecule has 1 saturated heterocycles. The van der Waals surface area contributed by atoms with E-state index in [1.165, 1.54) is 0 Å². The van der Waals surface area contributed by atoms with Gasteiger partial charge in [0.05, 0.1) is 17.2 Å². The largest absolute Gasteiger partial charge is 0.479 e. The maximum absolute atomic E-state index is 12.3. The minimum Gasteiger partial charge on any atom is -0.479 e. The molecule has 1 amide bonds. The van der Waals surface area contributed by atoms with Crippen molar-refractivity contribution in [1.29, 1.82) is 0 Å². The summed E-state index contributed by atoms with van der Waals surface area (Å²) < 4.78 is 0. The number of hydrogen-bond acceptors (Lipinski definition) is 7. The van der Waals surface area contributed by atoms with Gasteiger partial charge in [0.15, 0.2) is 12.2 Å². The lowest BCUT2D eigenvalue weighted by atomic mass is 10.1. The molecule has 3 rings (SSSR count). The Hall–Kier alpha value is -3.08. The number of para-hydroxylation sites is 1. The third kappa shape index (κ3) is 5.70. The SMILES string of the molecule is CN1CCC[C@H]1C(=O)Nc1cccc2cccnc12.O=C(O)[C@H](O)[C@@H](O)C(=O)O. The number of fused-ring (bicyclic) bond motifs is 1. The van der Waals surface area contributed by atoms with E-state index in [0.29, 0.717) is 0 Å². The third-order valence-electron chi connectivity index (χ3n) is 4.52. The zero-order valence-corrected chi connectivity index (χ0v) is 15.7. The Morgan fingerprint density at radius 1 is 1.10 bits per heavy atom. The van der Waals surface area contributed by atoms with Gasteiger partial charge in [-0.15, -0.1) is 0 Å². The fourth-order valence-corrected chi connectivity index (χ4v) is 2.93. The van der Waals surface area contributed by atoms with Gasteiger partial charge in [0.2, 0.25) is 5.91 Å². The van der Waals surface area contributed by atoms with Crippen LogP contribution in [0.3, 0.4) is 0 Å². The Balaban J connectivity index is 0.000000257. The molecule has 1 aliphatic heterocycles. The average molecular weight is 405 g/mol. The number of likely N-dealkylation sites (N-methyl/N-ethyl adjacent to an activating group) is 1. The topological polar surface area (TPSA) is 160 Å². The van der Waals surface area contributed by atoms with Crippen LogP contribution in [-0.4, -0.2) is 80.0 Å². The molecular weight excluding hydrogens is 382 g/mol. The number of rotatable bonds is 5. The zero-order valence-electron chi connectivity index (χ0n) is 15.7. The number of benzene rings is 1. The maximum Gasteiger partial charge on any atom is 0.335 e. The number of aliphatic carboxylic acids is 2. The minimum absolute atomic E-state index is 0.0148. The summed E-state index contributed by atoms with van der Waals surface area (Å²) in [5.41, 5.74) is 1.64. The van der Waals surface area contributed by atoms with Crippen molar-refractivity contribution in [2.24, 2.45) is 0 Å². The fourth-order valence-electron chi connectivity index (χ4n) is 2.93. The van der Waals surface area contributed by atoms with E-state index >= 15 is 0 Å². The second-order valence-electron chi connectivity index (χ2n) is 6.57. The van der Waals surface area contributed by atoms with Gasteiger partial charge in [-0.05, 0) is 38.6 Å². The number of carboxylic acids is 2. The van der Waals surface area contributed by atoms with Gasteiger partial charge in [-0.2, -0.15) is 0 Å². The van der Waals surface area contributed by atoms with E-state index in [-0.39, 0.29) is 11.9 Å². The fraction of sp³-hybridized carbons (Fsp3) is 0.368. The van der Waals surface area contributed by atoms with E-state index in [1.54, 1.807) is 6.20 Å². The van der Waals surface area contributed by atoms with Gasteiger partial charge in [-0.1, -0.05) is 18.2 Å². The number of carbonyl (C=O) groups excluding carboxylic acids is 1. The number of aromatic nitrogens is 1. The quantitative estimate of drug-likeness (QED) is 0.466. The maximum atomic E-state index is 12.3. The highest BCUT2D eigenvalue weighted by atomic mass is 16.4. The summed E-state index contributed by atoms with van der Waals surface area (Å²) in [6.07, 6.45) is -0.766. The van der Waals surface area contributed by atoms with Crippen molar-refractivity contribution in [1.82, 2.24) is 9.88 Å². The molecule has 5 N–H and O–H groups in total. The second kappa shape index (κ2) is 9.92. The van der Waals surface area contributed by atoms with Crippen molar-refractivity contribution in [2.75, 3.05) is 18.9 Å². The molecule has 2 heterocycles. The highest BCUT2D eigenvalue weighted by Crippen LogP contribution is 2.22. The highest BCUT2D eigenvalue weighted by Gasteiger charge is 2.29. The van der Waals surface area contributed by atoms with Crippen molar-refractivity contribution in [3.05, 3.63) is 36.5 Å². The van der Waals surface area contributed by atoms with Crippen LogP contribution in [0.5, 0.6) is 0 Å². The van der Waals surface area contributed by atoms with Gasteiger partial charge in [-0.3, -0.25) is 14.7 Å². The molecular formula is C19H23N3O7. The van der Waals surface area contributed by atoms with Crippen LogP contribution < -0.4 is 5.32 Å². The molecule has 3 atom stereocenters. The molecule has 0 spiro atoms. The molecule has 0 unspecified atom stereocenters. The van der Waals surface area contributed by atoms with E-state index in [1.807, 2.05) is 37.4 Å². The Labute approximate surface area is 166 Å². The summed E-state index contributed by atoms with van der Waals surface area (Å²) in [6.45, 7) is 0.992. The molecule has 2 aromatic rings. The number of nitrogens with zero attached hydrogens (tertiary/aromatic N) is 2. The average Bonchev–Trinajstić information content (AvgIpc) is 3.13. The number of carboxylic acid groups (broad SMARTS) is 2. The number of amides is 1. The number of nitrogens with one attached hydrogen (secondary N) is 1. The van der Waals surface area contributed by atoms with E-state index < -0.39 is 24.1 Å². The van der Waals surface area contributed by atoms with E-state index in [0.717, 1.165) is 36.0 Å². The van der Waals surface area contributed by atoms with E-state index in [2.05, 4.69) is 15.2 Å². The first-order chi connectivity index (χ1) is 13.7. The van der Waals surface area contributed by atoms with Crippen LogP contribution in [0, 0.1) is 0 Å². The number of hydrogen-bond donors (Lipinski definition) is 5. The molecule has 0 radical (unpaired) electrons. The monoisotopic (exact) mass is 405 g/mol. The first-order valence-corrected chi connectivity index (χ1v) is 8.89. The Morgan fingerprint density at radius 3 is 2.28 bits per heavy atom. The van der Waals surface area contributed by atoms with Crippen LogP contribution in [0.4, 0.5) is 5.69 Å². The molecule has 10 nitrogen and oxygen atoms in total. The highest BCUT2D eigenvalue weighted by molar-refractivity contribution is 6.02. The summed E-state index contributed by atoms with van der Waals surface area (Å²) in [7, 11) is 2.00. The normalized spacial score (nSPS) is 18.4. The Morgan fingerprint density at radius 2 is 1.72 bits per heavy atom. The van der Waals surface area contributed by atoms with Crippen LogP contribution >= 0.6 is 0 Å². The molecule has 1 aliphatic rings. The molecule has 10 heteroatoms. The van der Waals surface area contributed by atoms with Crippen LogP contribution in [-0.2, 0) is 14.4 Å². The van der Waals surface area contributed by atoms with Gasteiger partial charge in [-0.25, -0.2) is 9.59 Å². The van der Waals surface area contributed by atoms with Crippen LogP contribution in [0.15, 0.2) is 36.5 Å².